The third-order valence-corrected chi connectivity index (χ3v) is 13.7. The van der Waals surface area contributed by atoms with Crippen LogP contribution in [0.4, 0.5) is 0 Å². The second kappa shape index (κ2) is 30.6. The zero-order chi connectivity index (χ0) is 60.2. The van der Waals surface area contributed by atoms with Crippen molar-refractivity contribution in [1.29, 1.82) is 0 Å². The van der Waals surface area contributed by atoms with Gasteiger partial charge in [0.15, 0.2) is 0 Å². The highest BCUT2D eigenvalue weighted by Gasteiger charge is 2.42. The molecule has 4 aromatic carbocycles. The van der Waals surface area contributed by atoms with E-state index in [1.165, 1.54) is 49.0 Å². The van der Waals surface area contributed by atoms with Crippen LogP contribution >= 0.6 is 0 Å². The van der Waals surface area contributed by atoms with Crippen LogP contribution in [0.2, 0.25) is 0 Å². The number of pyridine rings is 1. The van der Waals surface area contributed by atoms with Crippen molar-refractivity contribution in [2.45, 2.75) is 57.0 Å². The number of methoxy groups -OCH3 is 6. The molecule has 1 aliphatic rings. The van der Waals surface area contributed by atoms with Crippen molar-refractivity contribution in [1.82, 2.24) is 23.9 Å². The fourth-order valence-electron chi connectivity index (χ4n) is 9.40. The van der Waals surface area contributed by atoms with Crippen molar-refractivity contribution >= 4 is 23.9 Å². The smallest absolute Gasteiger partial charge is 0.333 e. The molecule has 1 aliphatic heterocycles. The Morgan fingerprint density at radius 3 is 1.63 bits per heavy atom. The lowest BCUT2D eigenvalue weighted by atomic mass is 9.80. The maximum Gasteiger partial charge on any atom is 0.333 e. The molecular weight excluding hydrogens is 1090 g/mol. The fourth-order valence-corrected chi connectivity index (χ4v) is 9.40. The molecule has 0 spiro atoms. The number of aromatic nitrogens is 3. The Morgan fingerprint density at radius 1 is 0.643 bits per heavy atom. The van der Waals surface area contributed by atoms with Gasteiger partial charge in [-0.2, -0.15) is 0 Å². The number of carbonyl (C=O) groups excluding carboxylic acids is 4. The molecule has 2 aromatic heterocycles. The maximum absolute atomic E-state index is 14.0. The number of rotatable bonds is 28. The molecule has 1 saturated heterocycles. The van der Waals surface area contributed by atoms with E-state index in [9.17, 15) is 33.9 Å². The van der Waals surface area contributed by atoms with E-state index in [0.717, 1.165) is 21.3 Å². The van der Waals surface area contributed by atoms with Gasteiger partial charge in [-0.15, -0.1) is 0 Å². The third kappa shape index (κ3) is 16.7. The van der Waals surface area contributed by atoms with Crippen molar-refractivity contribution in [3.8, 4) is 29.1 Å². The SMILES string of the molecule is COC(=O)CN(CC(=O)OC)Cc1cc(C#Cc2ccc(OCCOCCn3c(=O)c(C)cn(C4CC(O)C(COC(c5ccccc5)(c5ccc(OC)cc5)c5ccc(OC)cc5)O4)c3=O)cc2)cc(CN(CC(=O)OC)CC(=O)OC)n1. The number of aryl methyl sites for hydroxylation is 1. The first-order chi connectivity index (χ1) is 40.6. The highest BCUT2D eigenvalue weighted by Crippen LogP contribution is 2.43. The Labute approximate surface area is 486 Å². The molecule has 0 amide bonds. The van der Waals surface area contributed by atoms with Crippen molar-refractivity contribution < 1.29 is 71.7 Å². The van der Waals surface area contributed by atoms with Crippen LogP contribution < -0.4 is 25.5 Å². The normalized spacial score (nSPS) is 14.8. The molecular formula is C62H69N5O17. The summed E-state index contributed by atoms with van der Waals surface area (Å²) >= 11 is 0. The van der Waals surface area contributed by atoms with Crippen molar-refractivity contribution in [3.63, 3.8) is 0 Å². The van der Waals surface area contributed by atoms with Crippen LogP contribution in [0.25, 0.3) is 0 Å². The second-order valence-corrected chi connectivity index (χ2v) is 19.4. The zero-order valence-corrected chi connectivity index (χ0v) is 48.0. The maximum atomic E-state index is 14.0. The predicted molar refractivity (Wildman–Crippen MR) is 304 cm³/mol. The van der Waals surface area contributed by atoms with Gasteiger partial charge in [0, 0.05) is 42.4 Å². The van der Waals surface area contributed by atoms with Crippen LogP contribution in [0.3, 0.4) is 0 Å². The summed E-state index contributed by atoms with van der Waals surface area (Å²) in [6.07, 6.45) is -1.29. The number of aliphatic hydroxyl groups excluding tert-OH is 1. The van der Waals surface area contributed by atoms with Crippen molar-refractivity contribution in [2.24, 2.45) is 0 Å². The molecule has 0 saturated carbocycles. The number of hydrogen-bond donors (Lipinski definition) is 1. The Balaban J connectivity index is 0.977. The molecule has 22 nitrogen and oxygen atoms in total. The lowest BCUT2D eigenvalue weighted by Gasteiger charge is -2.37. The van der Waals surface area contributed by atoms with E-state index in [1.54, 1.807) is 57.5 Å². The second-order valence-electron chi connectivity index (χ2n) is 19.4. The molecule has 6 aromatic rings. The molecule has 444 valence electrons. The minimum atomic E-state index is -1.18. The highest BCUT2D eigenvalue weighted by molar-refractivity contribution is 5.75. The molecule has 0 aliphatic carbocycles. The van der Waals surface area contributed by atoms with Crippen molar-refractivity contribution in [2.75, 3.05) is 95.3 Å². The molecule has 1 fully saturated rings. The minimum Gasteiger partial charge on any atom is -0.497 e. The molecule has 3 atom stereocenters. The summed E-state index contributed by atoms with van der Waals surface area (Å²) in [5.41, 5.74) is 2.41. The lowest BCUT2D eigenvalue weighted by Crippen LogP contribution is -2.43. The summed E-state index contributed by atoms with van der Waals surface area (Å²) in [6, 6.07) is 35.3. The molecule has 7 rings (SSSR count). The van der Waals surface area contributed by atoms with Crippen LogP contribution in [0, 0.1) is 18.8 Å². The Morgan fingerprint density at radius 2 is 1.13 bits per heavy atom. The van der Waals surface area contributed by atoms with Crippen molar-refractivity contribution in [3.05, 3.63) is 187 Å². The monoisotopic (exact) mass is 1160 g/mol. The highest BCUT2D eigenvalue weighted by atomic mass is 16.6. The van der Waals surface area contributed by atoms with Gasteiger partial charge in [0.2, 0.25) is 0 Å². The van der Waals surface area contributed by atoms with Gasteiger partial charge in [0.1, 0.15) is 41.8 Å². The van der Waals surface area contributed by atoms with E-state index < -0.39 is 59.2 Å². The Kier molecular flexibility index (Phi) is 22.9. The topological polar surface area (TPSA) is 244 Å². The number of esters is 4. The van der Waals surface area contributed by atoms with Gasteiger partial charge >= 0.3 is 29.6 Å². The number of ether oxygens (including phenoxy) is 10. The number of aliphatic hydroxyl groups is 1. The standard InChI is InChI=1S/C62H69N5O17/c1-42-34-67(55-33-53(68)54(84-55)41-83-62(45-11-9-8-10-12-45,46-17-23-50(75-2)24-18-46)47-19-25-51(76-3)26-20-47)61(74)66(60(42)73)27-28-81-29-30-82-52-21-15-43(16-22-52)13-14-44-31-48(35-64(37-56(69)77-4)38-57(70)78-5)63-49(32-44)36-65(39-58(71)79-6)40-59(72)80-7/h8-12,15-26,31-32,34,53-55,68H,27-30,33,35-41H2,1-7H3. The Bertz CT molecular complexity index is 3220. The molecule has 22 heteroatoms. The van der Waals surface area contributed by atoms with E-state index in [0.29, 0.717) is 45.3 Å². The molecule has 0 radical (unpaired) electrons. The number of carbonyl (C=O) groups is 4. The van der Waals surface area contributed by atoms with Crippen LogP contribution in [-0.2, 0) is 77.6 Å². The van der Waals surface area contributed by atoms with Gasteiger partial charge in [-0.05, 0) is 84.3 Å². The summed E-state index contributed by atoms with van der Waals surface area (Å²) in [6.45, 7) is 0.826. The van der Waals surface area contributed by atoms with Gasteiger partial charge in [-0.3, -0.25) is 47.9 Å². The average molecular weight is 1160 g/mol. The molecule has 3 unspecified atom stereocenters. The van der Waals surface area contributed by atoms with E-state index in [-0.39, 0.29) is 78.7 Å². The fraction of sp³-hybridized carbons (Fsp3) is 0.371. The third-order valence-electron chi connectivity index (χ3n) is 13.7. The largest absolute Gasteiger partial charge is 0.497 e. The number of nitrogens with zero attached hydrogens (tertiary/aromatic N) is 5. The van der Waals surface area contributed by atoms with E-state index >= 15 is 0 Å². The summed E-state index contributed by atoms with van der Waals surface area (Å²) in [4.78, 5) is 84.2. The van der Waals surface area contributed by atoms with Gasteiger partial charge in [0.25, 0.3) is 5.56 Å². The van der Waals surface area contributed by atoms with Gasteiger partial charge in [-0.1, -0.05) is 66.4 Å². The number of hydrogen-bond acceptors (Lipinski definition) is 20. The van der Waals surface area contributed by atoms with E-state index in [1.807, 2.05) is 78.9 Å². The van der Waals surface area contributed by atoms with Crippen LogP contribution in [0.5, 0.6) is 17.2 Å². The first-order valence-corrected chi connectivity index (χ1v) is 26.8. The summed E-state index contributed by atoms with van der Waals surface area (Å²) < 4.78 is 57.8. The summed E-state index contributed by atoms with van der Waals surface area (Å²) in [5, 5.41) is 11.5. The lowest BCUT2D eigenvalue weighted by molar-refractivity contribution is -0.147. The average Bonchev–Trinajstić information content (AvgIpc) is 1.98. The van der Waals surface area contributed by atoms with Crippen LogP contribution in [0.1, 0.15) is 57.4 Å². The van der Waals surface area contributed by atoms with E-state index in [4.69, 9.17) is 52.4 Å². The summed E-state index contributed by atoms with van der Waals surface area (Å²) in [7, 11) is 8.13. The van der Waals surface area contributed by atoms with Gasteiger partial charge in [-0.25, -0.2) is 4.79 Å². The molecule has 84 heavy (non-hydrogen) atoms. The number of benzene rings is 4. The minimum absolute atomic E-state index is 0.0121. The first kappa shape index (κ1) is 62.9. The van der Waals surface area contributed by atoms with Crippen LogP contribution in [-0.4, -0.2) is 160 Å². The summed E-state index contributed by atoms with van der Waals surface area (Å²) in [5.74, 6) is 5.76. The molecule has 3 heterocycles. The quantitative estimate of drug-likeness (QED) is 0.0238. The predicted octanol–water partition coefficient (Wildman–Crippen LogP) is 4.18. The van der Waals surface area contributed by atoms with Crippen LogP contribution in [0.15, 0.2) is 131 Å². The first-order valence-electron chi connectivity index (χ1n) is 26.8. The molecule has 0 bridgehead atoms. The zero-order valence-electron chi connectivity index (χ0n) is 48.0. The Hall–Kier alpha value is -8.69. The van der Waals surface area contributed by atoms with Gasteiger partial charge in [0.05, 0.1) is 113 Å². The van der Waals surface area contributed by atoms with E-state index in [2.05, 4.69) is 11.8 Å². The van der Waals surface area contributed by atoms with Gasteiger partial charge < -0.3 is 52.5 Å². The molecule has 1 N–H and O–H groups in total.